The Kier molecular flexibility index (Phi) is 8.98. The van der Waals surface area contributed by atoms with E-state index in [0.717, 1.165) is 12.1 Å². The van der Waals surface area contributed by atoms with Crippen molar-refractivity contribution in [3.8, 4) is 0 Å². The molecule has 0 saturated heterocycles. The molecule has 2 rings (SSSR count). The van der Waals surface area contributed by atoms with Crippen molar-refractivity contribution in [2.45, 2.75) is 18.3 Å². The Labute approximate surface area is 200 Å². The molecule has 0 radical (unpaired) electrons. The van der Waals surface area contributed by atoms with Gasteiger partial charge in [0.25, 0.3) is 5.91 Å². The zero-order valence-electron chi connectivity index (χ0n) is 17.1. The molecule has 0 aromatic heterocycles. The molecule has 2 N–H and O–H groups in total. The minimum atomic E-state index is -4.98. The van der Waals surface area contributed by atoms with Crippen molar-refractivity contribution in [1.82, 2.24) is 10.6 Å². The average Bonchev–Trinajstić information content (AvgIpc) is 2.73. The number of carbonyl (C=O) groups excluding carboxylic acids is 2. The van der Waals surface area contributed by atoms with Gasteiger partial charge in [-0.05, 0) is 51.3 Å². The first-order valence-corrected chi connectivity index (χ1v) is 10.2. The number of benzene rings is 2. The first kappa shape index (κ1) is 28.2. The number of halogens is 10. The highest BCUT2D eigenvalue weighted by molar-refractivity contribution is 9.10. The van der Waals surface area contributed by atoms with Crippen molar-refractivity contribution in [2.24, 2.45) is 0 Å². The van der Waals surface area contributed by atoms with E-state index in [1.165, 1.54) is 12.1 Å². The molecule has 35 heavy (non-hydrogen) atoms. The molecule has 1 atom stereocenters. The summed E-state index contributed by atoms with van der Waals surface area (Å²) in [5, 5.41) is 3.64. The highest BCUT2D eigenvalue weighted by atomic mass is 79.9. The van der Waals surface area contributed by atoms with Gasteiger partial charge in [-0.25, -0.2) is 13.2 Å². The second kappa shape index (κ2) is 11.1. The van der Waals surface area contributed by atoms with Gasteiger partial charge in [0.2, 0.25) is 5.91 Å². The van der Waals surface area contributed by atoms with Gasteiger partial charge in [0.15, 0.2) is 17.5 Å². The topological polar surface area (TPSA) is 58.2 Å². The molecule has 2 aromatic rings. The highest BCUT2D eigenvalue weighted by Crippen LogP contribution is 2.37. The normalized spacial score (nSPS) is 13.1. The molecular formula is C21H14BrF9N2O2. The number of rotatable bonds is 7. The first-order valence-electron chi connectivity index (χ1n) is 9.39. The molecule has 1 unspecified atom stereocenters. The van der Waals surface area contributed by atoms with Gasteiger partial charge >= 0.3 is 12.4 Å². The maximum atomic E-state index is 13.4. The zero-order chi connectivity index (χ0) is 26.6. The van der Waals surface area contributed by atoms with Crippen LogP contribution in [0.3, 0.4) is 0 Å². The number of amides is 2. The number of alkyl halides is 6. The smallest absolute Gasteiger partial charge is 0.345 e. The molecule has 0 bridgehead atoms. The van der Waals surface area contributed by atoms with Crippen LogP contribution in [0.5, 0.6) is 0 Å². The van der Waals surface area contributed by atoms with Crippen LogP contribution < -0.4 is 10.6 Å². The predicted molar refractivity (Wildman–Crippen MR) is 110 cm³/mol. The third-order valence-electron chi connectivity index (χ3n) is 4.33. The van der Waals surface area contributed by atoms with Crippen LogP contribution in [-0.2, 0) is 4.79 Å². The van der Waals surface area contributed by atoms with Gasteiger partial charge in [0.1, 0.15) is 6.54 Å². The van der Waals surface area contributed by atoms with E-state index < -0.39 is 66.2 Å². The Morgan fingerprint density at radius 2 is 1.54 bits per heavy atom. The molecule has 0 saturated carbocycles. The second-order valence-electron chi connectivity index (χ2n) is 6.99. The fourth-order valence-corrected chi connectivity index (χ4v) is 3.28. The number of hydrogen-bond donors (Lipinski definition) is 2. The van der Waals surface area contributed by atoms with Crippen LogP contribution in [-0.4, -0.2) is 37.3 Å². The van der Waals surface area contributed by atoms with Crippen molar-refractivity contribution in [2.75, 3.05) is 13.1 Å². The highest BCUT2D eigenvalue weighted by Gasteiger charge is 2.39. The maximum Gasteiger partial charge on any atom is 0.405 e. The van der Waals surface area contributed by atoms with Crippen LogP contribution >= 0.6 is 15.9 Å². The SMILES string of the molecule is O=C(CNC(=O)c1ccc(C=CC(c2cc(F)c(F)c(F)c2)C(F)(F)F)cc1Br)NCC(F)(F)F. The average molecular weight is 577 g/mol. The van der Waals surface area contributed by atoms with Crippen molar-refractivity contribution in [3.63, 3.8) is 0 Å². The van der Waals surface area contributed by atoms with Gasteiger partial charge in [-0.15, -0.1) is 0 Å². The first-order chi connectivity index (χ1) is 16.1. The fraction of sp³-hybridized carbons (Fsp3) is 0.238. The van der Waals surface area contributed by atoms with E-state index in [1.807, 2.05) is 0 Å². The number of allylic oxidation sites excluding steroid dienone is 1. The van der Waals surface area contributed by atoms with Gasteiger partial charge in [0.05, 0.1) is 18.0 Å². The Morgan fingerprint density at radius 3 is 2.06 bits per heavy atom. The van der Waals surface area contributed by atoms with Crippen LogP contribution in [0.25, 0.3) is 6.08 Å². The van der Waals surface area contributed by atoms with Gasteiger partial charge in [0, 0.05) is 4.47 Å². The Morgan fingerprint density at radius 1 is 0.943 bits per heavy atom. The fourth-order valence-electron chi connectivity index (χ4n) is 2.71. The van der Waals surface area contributed by atoms with Crippen LogP contribution in [0.15, 0.2) is 40.9 Å². The van der Waals surface area contributed by atoms with Gasteiger partial charge in [-0.1, -0.05) is 18.2 Å². The summed E-state index contributed by atoms with van der Waals surface area (Å²) in [4.78, 5) is 23.5. The third-order valence-corrected chi connectivity index (χ3v) is 4.99. The molecule has 2 amide bonds. The zero-order valence-corrected chi connectivity index (χ0v) is 18.7. The number of nitrogens with one attached hydrogen (secondary N) is 2. The number of hydrogen-bond acceptors (Lipinski definition) is 2. The third kappa shape index (κ3) is 8.30. The Balaban J connectivity index is 2.15. The summed E-state index contributed by atoms with van der Waals surface area (Å²) in [6.45, 7) is -2.34. The summed E-state index contributed by atoms with van der Waals surface area (Å²) in [5.74, 6) is -9.92. The molecule has 2 aromatic carbocycles. The van der Waals surface area contributed by atoms with Crippen LogP contribution in [0.2, 0.25) is 0 Å². The lowest BCUT2D eigenvalue weighted by atomic mass is 9.96. The van der Waals surface area contributed by atoms with Gasteiger partial charge in [-0.3, -0.25) is 9.59 Å². The van der Waals surface area contributed by atoms with E-state index in [-0.39, 0.29) is 27.7 Å². The lowest BCUT2D eigenvalue weighted by molar-refractivity contribution is -0.139. The van der Waals surface area contributed by atoms with Crippen LogP contribution in [0.1, 0.15) is 27.4 Å². The molecule has 0 heterocycles. The van der Waals surface area contributed by atoms with Gasteiger partial charge in [-0.2, -0.15) is 26.3 Å². The Hall–Kier alpha value is -3.03. The van der Waals surface area contributed by atoms with E-state index in [2.05, 4.69) is 21.2 Å². The molecule has 0 spiro atoms. The second-order valence-corrected chi connectivity index (χ2v) is 7.85. The molecule has 14 heteroatoms. The van der Waals surface area contributed by atoms with Crippen LogP contribution in [0, 0.1) is 17.5 Å². The molecule has 0 aliphatic carbocycles. The molecule has 0 fully saturated rings. The molecule has 0 aliphatic heterocycles. The largest absolute Gasteiger partial charge is 0.405 e. The van der Waals surface area contributed by atoms with Crippen molar-refractivity contribution >= 4 is 33.8 Å². The molecule has 190 valence electrons. The minimum Gasteiger partial charge on any atom is -0.345 e. The van der Waals surface area contributed by atoms with Crippen LogP contribution in [0.4, 0.5) is 39.5 Å². The standard InChI is InChI=1S/C21H14BrF9N2O2/c22-14-5-10(1-3-12(14)19(35)32-8-17(34)33-9-20(26,27)28)2-4-13(21(29,30)31)11-6-15(23)18(25)16(24)7-11/h1-7,13H,8-9H2,(H,32,35)(H,33,34). The van der Waals surface area contributed by atoms with Crippen molar-refractivity contribution in [1.29, 1.82) is 0 Å². The number of carbonyl (C=O) groups is 2. The van der Waals surface area contributed by atoms with Crippen molar-refractivity contribution in [3.05, 3.63) is 75.0 Å². The molecule has 4 nitrogen and oxygen atoms in total. The Bertz CT molecular complexity index is 1110. The van der Waals surface area contributed by atoms with Crippen molar-refractivity contribution < 1.29 is 49.1 Å². The van der Waals surface area contributed by atoms with E-state index in [0.29, 0.717) is 6.08 Å². The van der Waals surface area contributed by atoms with E-state index >= 15 is 0 Å². The van der Waals surface area contributed by atoms with Gasteiger partial charge < -0.3 is 10.6 Å². The minimum absolute atomic E-state index is 0.0651. The maximum absolute atomic E-state index is 13.4. The summed E-state index contributed by atoms with van der Waals surface area (Å²) in [6.07, 6.45) is -8.07. The molecule has 0 aliphatic rings. The monoisotopic (exact) mass is 576 g/mol. The summed E-state index contributed by atoms with van der Waals surface area (Å²) >= 11 is 3.02. The summed E-state index contributed by atoms with van der Waals surface area (Å²) in [5.41, 5.74) is -0.835. The van der Waals surface area contributed by atoms with E-state index in [4.69, 9.17) is 0 Å². The summed E-state index contributed by atoms with van der Waals surface area (Å²) in [7, 11) is 0. The molecular weight excluding hydrogens is 563 g/mol. The summed E-state index contributed by atoms with van der Waals surface area (Å²) in [6, 6.07) is 4.05. The van der Waals surface area contributed by atoms with E-state index in [1.54, 1.807) is 5.32 Å². The lowest BCUT2D eigenvalue weighted by Gasteiger charge is -2.18. The lowest BCUT2D eigenvalue weighted by Crippen LogP contribution is -2.40. The predicted octanol–water partition coefficient (Wildman–Crippen LogP) is 5.63. The van der Waals surface area contributed by atoms with E-state index in [9.17, 15) is 49.1 Å². The summed E-state index contributed by atoms with van der Waals surface area (Å²) < 4.78 is 117. The quantitative estimate of drug-likeness (QED) is 0.331.